The van der Waals surface area contributed by atoms with Crippen LogP contribution in [0.5, 0.6) is 0 Å². The van der Waals surface area contributed by atoms with Gasteiger partial charge < -0.3 is 89.6 Å². The molecule has 0 aromatic carbocycles. The van der Waals surface area contributed by atoms with Crippen molar-refractivity contribution in [2.45, 2.75) is 144 Å². The first-order chi connectivity index (χ1) is 28.4. The number of hydrogen-bond donors (Lipinski definition) is 11. The van der Waals surface area contributed by atoms with Gasteiger partial charge in [0.15, 0.2) is 24.7 Å². The van der Waals surface area contributed by atoms with Gasteiger partial charge in [0.05, 0.1) is 39.4 Å². The van der Waals surface area contributed by atoms with Crippen LogP contribution in [0.3, 0.4) is 0 Å². The van der Waals surface area contributed by atoms with Gasteiger partial charge in [0.25, 0.3) is 11.8 Å². The van der Waals surface area contributed by atoms with Crippen LogP contribution in [-0.4, -0.2) is 216 Å². The average molecular weight is 871 g/mol. The third-order valence-electron chi connectivity index (χ3n) is 10.2. The number of hydroxylamine groups is 2. The van der Waals surface area contributed by atoms with Crippen LogP contribution in [-0.2, 0) is 62.0 Å². The first-order valence-corrected chi connectivity index (χ1v) is 19.3. The normalized spacial score (nSPS) is 36.5. The maximum Gasteiger partial charge on any atom is 0.333 e. The Labute approximate surface area is 341 Å². The van der Waals surface area contributed by atoms with Crippen LogP contribution >= 0.6 is 0 Å². The third kappa shape index (κ3) is 12.7. The van der Waals surface area contributed by atoms with E-state index in [1.54, 1.807) is 0 Å². The number of Topliss-reactive ketones (excluding diaryl/α,β-unsaturated/α-hetero) is 2. The molecule has 342 valence electrons. The molecule has 4 aliphatic heterocycles. The summed E-state index contributed by atoms with van der Waals surface area (Å²) in [5.41, 5.74) is 0. The molecule has 0 aromatic heterocycles. The number of ether oxygens (including phenoxy) is 6. The Balaban J connectivity index is 1.26. The van der Waals surface area contributed by atoms with Crippen molar-refractivity contribution in [3.05, 3.63) is 0 Å². The fourth-order valence-corrected chi connectivity index (χ4v) is 6.57. The molecule has 25 heteroatoms. The van der Waals surface area contributed by atoms with Crippen molar-refractivity contribution in [3.63, 3.8) is 0 Å². The van der Waals surface area contributed by atoms with E-state index in [1.165, 1.54) is 6.92 Å². The minimum absolute atomic E-state index is 0.00707. The van der Waals surface area contributed by atoms with Crippen LogP contribution in [0.25, 0.3) is 0 Å². The van der Waals surface area contributed by atoms with Crippen LogP contribution in [0.4, 0.5) is 0 Å². The summed E-state index contributed by atoms with van der Waals surface area (Å²) in [6.45, 7) is -1.54. The average Bonchev–Trinajstić information content (AvgIpc) is 3.54. The zero-order valence-corrected chi connectivity index (χ0v) is 32.4. The molecule has 4 fully saturated rings. The lowest BCUT2D eigenvalue weighted by Crippen LogP contribution is -2.65. The highest BCUT2D eigenvalue weighted by Crippen LogP contribution is 2.31. The number of aliphatic hydroxyl groups excluding tert-OH is 10. The summed E-state index contributed by atoms with van der Waals surface area (Å²) in [5.74, 6) is -4.78. The van der Waals surface area contributed by atoms with Crippen molar-refractivity contribution < 1.29 is 113 Å². The molecule has 4 saturated heterocycles. The Morgan fingerprint density at radius 2 is 1.23 bits per heavy atom. The van der Waals surface area contributed by atoms with Crippen LogP contribution in [0.1, 0.15) is 51.9 Å². The first-order valence-electron chi connectivity index (χ1n) is 19.3. The standard InChI is InChI=1S/C35H54N2O23/c1-14(9-15(40)4-7-22(44)60-37-20(42)5-6-21(37)43)32(53)36-10-16(41)3-2-8-54-34-30(52)31(59-35-29(51)27(49)24(46)18(12-39)57-35)25(47)19(58-34)13-55-33-28(50)26(48)23(45)17(11-38)56-33/h14,17-19,23-31,33-35,38-39,45-52H,2-13H2,1H3,(H,36,53)/t14-,17-,18-,19-,23-,24-,25-,26+,27+,28+,29+,30+,31+,33?,34+,35-/m1/s1. The molecule has 0 aliphatic carbocycles. The molecule has 16 atom stereocenters. The highest BCUT2D eigenvalue weighted by molar-refractivity contribution is 6.01. The second kappa shape index (κ2) is 22.7. The lowest BCUT2D eigenvalue weighted by Gasteiger charge is -2.46. The molecular formula is C35H54N2O23. The molecule has 60 heavy (non-hydrogen) atoms. The highest BCUT2D eigenvalue weighted by atomic mass is 16.8. The van der Waals surface area contributed by atoms with E-state index >= 15 is 0 Å². The van der Waals surface area contributed by atoms with Gasteiger partial charge in [-0.25, -0.2) is 4.79 Å². The van der Waals surface area contributed by atoms with E-state index in [2.05, 4.69) is 5.32 Å². The van der Waals surface area contributed by atoms with Crippen molar-refractivity contribution in [2.24, 2.45) is 5.92 Å². The summed E-state index contributed by atoms with van der Waals surface area (Å²) < 4.78 is 33.1. The summed E-state index contributed by atoms with van der Waals surface area (Å²) in [4.78, 5) is 77.2. The molecule has 3 amide bonds. The first kappa shape index (κ1) is 49.4. The molecular weight excluding hydrogens is 816 g/mol. The quantitative estimate of drug-likeness (QED) is 0.0377. The molecule has 0 saturated carbocycles. The fourth-order valence-electron chi connectivity index (χ4n) is 6.57. The summed E-state index contributed by atoms with van der Waals surface area (Å²) in [7, 11) is 0. The van der Waals surface area contributed by atoms with Crippen LogP contribution in [0.2, 0.25) is 0 Å². The van der Waals surface area contributed by atoms with Crippen molar-refractivity contribution in [1.82, 2.24) is 10.4 Å². The number of carbonyl (C=O) groups excluding carboxylic acids is 6. The third-order valence-corrected chi connectivity index (χ3v) is 10.2. The largest absolute Gasteiger partial charge is 0.394 e. The van der Waals surface area contributed by atoms with Gasteiger partial charge in [-0.3, -0.25) is 24.0 Å². The van der Waals surface area contributed by atoms with Gasteiger partial charge in [-0.2, -0.15) is 0 Å². The lowest BCUT2D eigenvalue weighted by atomic mass is 9.96. The summed E-state index contributed by atoms with van der Waals surface area (Å²) in [6.07, 6.45) is -27.2. The molecule has 0 radical (unpaired) electrons. The van der Waals surface area contributed by atoms with Gasteiger partial charge in [0.2, 0.25) is 5.91 Å². The second-order valence-corrected chi connectivity index (χ2v) is 14.8. The van der Waals surface area contributed by atoms with Gasteiger partial charge in [0.1, 0.15) is 79.0 Å². The van der Waals surface area contributed by atoms with Gasteiger partial charge in [-0.1, -0.05) is 6.92 Å². The molecule has 25 nitrogen and oxygen atoms in total. The topological polar surface area (TPSA) is 385 Å². The summed E-state index contributed by atoms with van der Waals surface area (Å²) >= 11 is 0. The van der Waals surface area contributed by atoms with Crippen molar-refractivity contribution in [1.29, 1.82) is 0 Å². The van der Waals surface area contributed by atoms with Crippen molar-refractivity contribution >= 4 is 35.3 Å². The molecule has 11 N–H and O–H groups in total. The van der Waals surface area contributed by atoms with Gasteiger partial charge >= 0.3 is 5.97 Å². The van der Waals surface area contributed by atoms with Crippen molar-refractivity contribution in [2.75, 3.05) is 33.0 Å². The Kier molecular flexibility index (Phi) is 18.7. The number of aliphatic hydroxyl groups is 10. The van der Waals surface area contributed by atoms with Gasteiger partial charge in [0, 0.05) is 38.0 Å². The van der Waals surface area contributed by atoms with E-state index in [9.17, 15) is 79.8 Å². The maximum atomic E-state index is 12.6. The fraction of sp³-hybridized carbons (Fsp3) is 0.829. The monoisotopic (exact) mass is 870 g/mol. The van der Waals surface area contributed by atoms with Crippen molar-refractivity contribution in [3.8, 4) is 0 Å². The minimum atomic E-state index is -1.94. The number of ketones is 2. The number of hydrogen-bond acceptors (Lipinski definition) is 23. The van der Waals surface area contributed by atoms with E-state index in [-0.39, 0.29) is 45.1 Å². The molecule has 0 bridgehead atoms. The van der Waals surface area contributed by atoms with Gasteiger partial charge in [-0.15, -0.1) is 5.06 Å². The Morgan fingerprint density at radius 1 is 0.683 bits per heavy atom. The van der Waals surface area contributed by atoms with E-state index in [0.717, 1.165) is 0 Å². The molecule has 0 spiro atoms. The Bertz CT molecular complexity index is 1470. The second-order valence-electron chi connectivity index (χ2n) is 14.8. The molecule has 4 aliphatic rings. The highest BCUT2D eigenvalue weighted by Gasteiger charge is 2.52. The number of amides is 3. The number of nitrogens with one attached hydrogen (secondary N) is 1. The van der Waals surface area contributed by atoms with Crippen LogP contribution < -0.4 is 5.32 Å². The van der Waals surface area contributed by atoms with E-state index in [1.807, 2.05) is 0 Å². The van der Waals surface area contributed by atoms with Crippen LogP contribution in [0, 0.1) is 5.92 Å². The zero-order valence-electron chi connectivity index (χ0n) is 32.4. The summed E-state index contributed by atoms with van der Waals surface area (Å²) in [5, 5.41) is 106. The van der Waals surface area contributed by atoms with E-state index in [0.29, 0.717) is 5.06 Å². The van der Waals surface area contributed by atoms with E-state index in [4.69, 9.17) is 33.3 Å². The molecule has 1 unspecified atom stereocenters. The minimum Gasteiger partial charge on any atom is -0.394 e. The van der Waals surface area contributed by atoms with Gasteiger partial charge in [-0.05, 0) is 6.42 Å². The molecule has 4 rings (SSSR count). The van der Waals surface area contributed by atoms with Crippen LogP contribution in [0.15, 0.2) is 0 Å². The zero-order chi connectivity index (χ0) is 44.4. The Hall–Kier alpha value is -3.22. The number of nitrogens with zero attached hydrogens (tertiary/aromatic N) is 1. The lowest BCUT2D eigenvalue weighted by molar-refractivity contribution is -0.366. The predicted molar refractivity (Wildman–Crippen MR) is 187 cm³/mol. The number of carbonyl (C=O) groups is 6. The predicted octanol–water partition coefficient (Wildman–Crippen LogP) is -7.10. The van der Waals surface area contributed by atoms with E-state index < -0.39 is 166 Å². The SMILES string of the molecule is C[C@H](CC(=O)CCC(=O)ON1C(=O)CCC1=O)C(=O)NCC(=O)CCCO[C@H]1O[C@H](COC2O[C@H](CO)[C@@H](O)[C@H](O)[C@@H]2O)[C@@H](O)[C@H](O[C@H]2O[C@H](CO)[C@@H](O)[C@H](O)[C@@H]2O)[C@@H]1O. The Morgan fingerprint density at radius 3 is 1.83 bits per heavy atom. The number of imide groups is 1. The maximum absolute atomic E-state index is 12.6. The molecule has 4 heterocycles. The molecule has 0 aromatic rings. The number of rotatable bonds is 21. The summed E-state index contributed by atoms with van der Waals surface area (Å²) in [6, 6.07) is 0. The smallest absolute Gasteiger partial charge is 0.333 e.